The molecule has 18 heavy (non-hydrogen) atoms. The van der Waals surface area contributed by atoms with Crippen molar-refractivity contribution < 1.29 is 0 Å². The van der Waals surface area contributed by atoms with Crippen LogP contribution in [0.15, 0.2) is 30.7 Å². The summed E-state index contributed by atoms with van der Waals surface area (Å²) in [6, 6.07) is 4.64. The smallest absolute Gasteiger partial charge is 0.0821 e. The quantitative estimate of drug-likeness (QED) is 0.849. The van der Waals surface area contributed by atoms with E-state index in [0.717, 1.165) is 18.8 Å². The second-order valence-corrected chi connectivity index (χ2v) is 4.77. The molecule has 2 rings (SSSR count). The SMILES string of the molecule is CCCNC(C)c1ccn(Cc2ccn(C)n2)c1. The van der Waals surface area contributed by atoms with Crippen LogP contribution in [0, 0.1) is 0 Å². The molecule has 2 aromatic rings. The summed E-state index contributed by atoms with van der Waals surface area (Å²) in [7, 11) is 1.95. The fraction of sp³-hybridized carbons (Fsp3) is 0.500. The normalized spacial score (nSPS) is 12.8. The molecule has 0 bridgehead atoms. The van der Waals surface area contributed by atoms with Gasteiger partial charge in [-0.3, -0.25) is 4.68 Å². The Kier molecular flexibility index (Phi) is 4.20. The molecule has 2 aromatic heterocycles. The molecule has 0 aliphatic rings. The lowest BCUT2D eigenvalue weighted by atomic mass is 10.2. The van der Waals surface area contributed by atoms with E-state index in [-0.39, 0.29) is 0 Å². The monoisotopic (exact) mass is 246 g/mol. The topological polar surface area (TPSA) is 34.8 Å². The average Bonchev–Trinajstić information content (AvgIpc) is 2.96. The van der Waals surface area contributed by atoms with Crippen molar-refractivity contribution >= 4 is 0 Å². The Morgan fingerprint density at radius 1 is 1.33 bits per heavy atom. The number of nitrogens with one attached hydrogen (secondary N) is 1. The molecule has 0 spiro atoms. The highest BCUT2D eigenvalue weighted by atomic mass is 15.3. The van der Waals surface area contributed by atoms with Crippen LogP contribution in [0.1, 0.15) is 37.6 Å². The van der Waals surface area contributed by atoms with Gasteiger partial charge in [-0.1, -0.05) is 6.92 Å². The Morgan fingerprint density at radius 2 is 2.17 bits per heavy atom. The van der Waals surface area contributed by atoms with Crippen LogP contribution >= 0.6 is 0 Å². The highest BCUT2D eigenvalue weighted by molar-refractivity contribution is 5.15. The lowest BCUT2D eigenvalue weighted by Gasteiger charge is -2.11. The van der Waals surface area contributed by atoms with Crippen molar-refractivity contribution in [3.05, 3.63) is 42.0 Å². The van der Waals surface area contributed by atoms with Crippen LogP contribution in [0.3, 0.4) is 0 Å². The predicted octanol–water partition coefficient (Wildman–Crippen LogP) is 2.33. The molecule has 0 fully saturated rings. The molecular weight excluding hydrogens is 224 g/mol. The second kappa shape index (κ2) is 5.87. The van der Waals surface area contributed by atoms with Crippen molar-refractivity contribution in [2.75, 3.05) is 6.54 Å². The van der Waals surface area contributed by atoms with E-state index >= 15 is 0 Å². The molecule has 4 nitrogen and oxygen atoms in total. The zero-order valence-corrected chi connectivity index (χ0v) is 11.4. The molecule has 1 atom stereocenters. The van der Waals surface area contributed by atoms with Crippen LogP contribution in [-0.2, 0) is 13.6 Å². The molecule has 1 unspecified atom stereocenters. The molecule has 98 valence electrons. The third-order valence-corrected chi connectivity index (χ3v) is 3.09. The number of aryl methyl sites for hydroxylation is 1. The van der Waals surface area contributed by atoms with Crippen LogP contribution in [0.2, 0.25) is 0 Å². The molecule has 0 saturated carbocycles. The molecule has 0 saturated heterocycles. The Balaban J connectivity index is 1.97. The van der Waals surface area contributed by atoms with E-state index < -0.39 is 0 Å². The number of hydrogen-bond acceptors (Lipinski definition) is 2. The average molecular weight is 246 g/mol. The first-order valence-electron chi connectivity index (χ1n) is 6.56. The van der Waals surface area contributed by atoms with E-state index in [1.807, 2.05) is 17.9 Å². The highest BCUT2D eigenvalue weighted by Crippen LogP contribution is 2.13. The zero-order chi connectivity index (χ0) is 13.0. The summed E-state index contributed by atoms with van der Waals surface area (Å²) in [5, 5.41) is 7.89. The van der Waals surface area contributed by atoms with Crippen LogP contribution in [0.4, 0.5) is 0 Å². The fourth-order valence-electron chi connectivity index (χ4n) is 2.03. The lowest BCUT2D eigenvalue weighted by Crippen LogP contribution is -2.18. The first kappa shape index (κ1) is 12.9. The van der Waals surface area contributed by atoms with Crippen LogP contribution < -0.4 is 5.32 Å². The Morgan fingerprint density at radius 3 is 2.83 bits per heavy atom. The fourth-order valence-corrected chi connectivity index (χ4v) is 2.03. The molecular formula is C14H22N4. The highest BCUT2D eigenvalue weighted by Gasteiger charge is 2.06. The van der Waals surface area contributed by atoms with E-state index in [9.17, 15) is 0 Å². The van der Waals surface area contributed by atoms with Crippen LogP contribution in [-0.4, -0.2) is 20.9 Å². The number of hydrogen-bond donors (Lipinski definition) is 1. The molecule has 0 amide bonds. The van der Waals surface area contributed by atoms with E-state index in [2.05, 4.69) is 53.4 Å². The summed E-state index contributed by atoms with van der Waals surface area (Å²) in [4.78, 5) is 0. The number of aromatic nitrogens is 3. The largest absolute Gasteiger partial charge is 0.348 e. The molecule has 4 heteroatoms. The van der Waals surface area contributed by atoms with Crippen molar-refractivity contribution in [2.45, 2.75) is 32.9 Å². The Labute approximate surface area is 109 Å². The van der Waals surface area contributed by atoms with E-state index in [1.54, 1.807) is 0 Å². The first-order chi connectivity index (χ1) is 8.69. The van der Waals surface area contributed by atoms with Gasteiger partial charge in [0.05, 0.1) is 12.2 Å². The summed E-state index contributed by atoms with van der Waals surface area (Å²) in [6.45, 7) is 6.29. The molecule has 0 aromatic carbocycles. The van der Waals surface area contributed by atoms with Crippen molar-refractivity contribution in [3.63, 3.8) is 0 Å². The summed E-state index contributed by atoms with van der Waals surface area (Å²) in [6.07, 6.45) is 7.46. The molecule has 2 heterocycles. The van der Waals surface area contributed by atoms with Gasteiger partial charge in [0.2, 0.25) is 0 Å². The summed E-state index contributed by atoms with van der Waals surface area (Å²) in [5.41, 5.74) is 2.42. The van der Waals surface area contributed by atoms with Gasteiger partial charge in [-0.05, 0) is 37.6 Å². The summed E-state index contributed by atoms with van der Waals surface area (Å²) < 4.78 is 4.02. The molecule has 0 aliphatic heterocycles. The zero-order valence-electron chi connectivity index (χ0n) is 11.4. The van der Waals surface area contributed by atoms with Gasteiger partial charge in [-0.15, -0.1) is 0 Å². The summed E-state index contributed by atoms with van der Waals surface area (Å²) in [5.74, 6) is 0. The van der Waals surface area contributed by atoms with Crippen molar-refractivity contribution in [1.29, 1.82) is 0 Å². The van der Waals surface area contributed by atoms with Crippen molar-refractivity contribution in [2.24, 2.45) is 7.05 Å². The minimum Gasteiger partial charge on any atom is -0.348 e. The van der Waals surface area contributed by atoms with E-state index in [0.29, 0.717) is 6.04 Å². The van der Waals surface area contributed by atoms with Gasteiger partial charge < -0.3 is 9.88 Å². The van der Waals surface area contributed by atoms with Gasteiger partial charge in [0, 0.05) is 31.7 Å². The molecule has 0 aliphatic carbocycles. The van der Waals surface area contributed by atoms with Crippen LogP contribution in [0.25, 0.3) is 0 Å². The number of rotatable bonds is 6. The van der Waals surface area contributed by atoms with Gasteiger partial charge in [-0.25, -0.2) is 0 Å². The van der Waals surface area contributed by atoms with Gasteiger partial charge >= 0.3 is 0 Å². The molecule has 1 N–H and O–H groups in total. The first-order valence-corrected chi connectivity index (χ1v) is 6.56. The maximum Gasteiger partial charge on any atom is 0.0821 e. The standard InChI is InChI=1S/C14H22N4/c1-4-7-15-12(2)13-5-9-18(10-13)11-14-6-8-17(3)16-14/h5-6,8-10,12,15H,4,7,11H2,1-3H3. The third kappa shape index (κ3) is 3.23. The van der Waals surface area contributed by atoms with Gasteiger partial charge in [0.15, 0.2) is 0 Å². The number of nitrogens with zero attached hydrogens (tertiary/aromatic N) is 3. The van der Waals surface area contributed by atoms with E-state index in [4.69, 9.17) is 0 Å². The van der Waals surface area contributed by atoms with Crippen LogP contribution in [0.5, 0.6) is 0 Å². The Hall–Kier alpha value is -1.55. The lowest BCUT2D eigenvalue weighted by molar-refractivity contribution is 0.569. The summed E-state index contributed by atoms with van der Waals surface area (Å²) >= 11 is 0. The van der Waals surface area contributed by atoms with Gasteiger partial charge in [0.25, 0.3) is 0 Å². The Bertz CT molecular complexity index is 483. The maximum atomic E-state index is 4.39. The van der Waals surface area contributed by atoms with Crippen molar-refractivity contribution in [1.82, 2.24) is 19.7 Å². The maximum absolute atomic E-state index is 4.39. The van der Waals surface area contributed by atoms with Gasteiger partial charge in [-0.2, -0.15) is 5.10 Å². The predicted molar refractivity (Wildman–Crippen MR) is 73.5 cm³/mol. The minimum atomic E-state index is 0.412. The second-order valence-electron chi connectivity index (χ2n) is 4.77. The van der Waals surface area contributed by atoms with E-state index in [1.165, 1.54) is 12.0 Å². The third-order valence-electron chi connectivity index (χ3n) is 3.09. The van der Waals surface area contributed by atoms with Crippen molar-refractivity contribution in [3.8, 4) is 0 Å². The minimum absolute atomic E-state index is 0.412. The van der Waals surface area contributed by atoms with Gasteiger partial charge in [0.1, 0.15) is 0 Å². The molecule has 0 radical (unpaired) electrons.